The van der Waals surface area contributed by atoms with Gasteiger partial charge in [-0.25, -0.2) is 4.98 Å². The van der Waals surface area contributed by atoms with E-state index in [2.05, 4.69) is 22.2 Å². The van der Waals surface area contributed by atoms with Crippen molar-refractivity contribution in [2.45, 2.75) is 26.7 Å². The Hall–Kier alpha value is -2.10. The molecule has 0 amide bonds. The molecule has 0 unspecified atom stereocenters. The van der Waals surface area contributed by atoms with E-state index in [1.54, 1.807) is 0 Å². The number of aromatic amines is 1. The number of aryl methyl sites for hydroxylation is 1. The summed E-state index contributed by atoms with van der Waals surface area (Å²) in [7, 11) is 0. The average molecular weight is 257 g/mol. The van der Waals surface area contributed by atoms with E-state index >= 15 is 0 Å². The molecule has 0 saturated carbocycles. The van der Waals surface area contributed by atoms with Gasteiger partial charge < -0.3 is 5.32 Å². The maximum absolute atomic E-state index is 12.1. The Labute approximate surface area is 112 Å². The SMILES string of the molecule is CCCNc1nc(C)c(Cc2ccccc2)c(=O)[nH]1. The van der Waals surface area contributed by atoms with Crippen molar-refractivity contribution >= 4 is 5.95 Å². The summed E-state index contributed by atoms with van der Waals surface area (Å²) in [6, 6.07) is 9.95. The fraction of sp³-hybridized carbons (Fsp3) is 0.333. The van der Waals surface area contributed by atoms with Crippen molar-refractivity contribution in [1.29, 1.82) is 0 Å². The third kappa shape index (κ3) is 3.44. The van der Waals surface area contributed by atoms with Gasteiger partial charge in [-0.1, -0.05) is 37.3 Å². The molecule has 0 radical (unpaired) electrons. The Kier molecular flexibility index (Phi) is 4.34. The molecular formula is C15H19N3O. The minimum absolute atomic E-state index is 0.0602. The molecule has 2 rings (SSSR count). The van der Waals surface area contributed by atoms with Gasteiger partial charge in [0.05, 0.1) is 5.69 Å². The smallest absolute Gasteiger partial charge is 0.256 e. The summed E-state index contributed by atoms with van der Waals surface area (Å²) >= 11 is 0. The molecule has 1 aromatic heterocycles. The molecule has 0 fully saturated rings. The molecule has 0 saturated heterocycles. The fourth-order valence-electron chi connectivity index (χ4n) is 1.95. The molecule has 100 valence electrons. The Morgan fingerprint density at radius 1 is 1.26 bits per heavy atom. The van der Waals surface area contributed by atoms with Crippen LogP contribution >= 0.6 is 0 Å². The summed E-state index contributed by atoms with van der Waals surface area (Å²) < 4.78 is 0. The summed E-state index contributed by atoms with van der Waals surface area (Å²) in [4.78, 5) is 19.3. The van der Waals surface area contributed by atoms with E-state index in [4.69, 9.17) is 0 Å². The van der Waals surface area contributed by atoms with Crippen LogP contribution in [0.1, 0.15) is 30.2 Å². The van der Waals surface area contributed by atoms with Crippen molar-refractivity contribution < 1.29 is 0 Å². The number of rotatable bonds is 5. The summed E-state index contributed by atoms with van der Waals surface area (Å²) in [5, 5.41) is 3.10. The van der Waals surface area contributed by atoms with Crippen LogP contribution in [0.3, 0.4) is 0 Å². The highest BCUT2D eigenvalue weighted by molar-refractivity contribution is 5.32. The van der Waals surface area contributed by atoms with Gasteiger partial charge >= 0.3 is 0 Å². The minimum atomic E-state index is -0.0602. The highest BCUT2D eigenvalue weighted by Gasteiger charge is 2.08. The number of hydrogen-bond donors (Lipinski definition) is 2. The third-order valence-corrected chi connectivity index (χ3v) is 2.99. The van der Waals surface area contributed by atoms with Crippen molar-refractivity contribution in [2.24, 2.45) is 0 Å². The lowest BCUT2D eigenvalue weighted by Gasteiger charge is -2.08. The van der Waals surface area contributed by atoms with E-state index in [0.29, 0.717) is 12.4 Å². The number of nitrogens with zero attached hydrogens (tertiary/aromatic N) is 1. The highest BCUT2D eigenvalue weighted by Crippen LogP contribution is 2.09. The van der Waals surface area contributed by atoms with Crippen LogP contribution in [0, 0.1) is 6.92 Å². The van der Waals surface area contributed by atoms with Crippen molar-refractivity contribution in [3.63, 3.8) is 0 Å². The van der Waals surface area contributed by atoms with E-state index in [9.17, 15) is 4.79 Å². The van der Waals surface area contributed by atoms with Gasteiger partial charge in [-0.05, 0) is 18.9 Å². The molecule has 0 atom stereocenters. The first-order valence-corrected chi connectivity index (χ1v) is 6.58. The second kappa shape index (κ2) is 6.18. The van der Waals surface area contributed by atoms with E-state index in [1.165, 1.54) is 0 Å². The number of H-pyrrole nitrogens is 1. The lowest BCUT2D eigenvalue weighted by atomic mass is 10.1. The molecule has 0 aliphatic carbocycles. The lowest BCUT2D eigenvalue weighted by Crippen LogP contribution is -2.19. The van der Waals surface area contributed by atoms with Crippen LogP contribution in [-0.4, -0.2) is 16.5 Å². The van der Waals surface area contributed by atoms with Gasteiger partial charge in [-0.2, -0.15) is 0 Å². The Morgan fingerprint density at radius 3 is 2.63 bits per heavy atom. The number of anilines is 1. The molecule has 19 heavy (non-hydrogen) atoms. The Balaban J connectivity index is 2.25. The second-order valence-electron chi connectivity index (χ2n) is 4.57. The quantitative estimate of drug-likeness (QED) is 0.865. The van der Waals surface area contributed by atoms with Crippen molar-refractivity contribution in [1.82, 2.24) is 9.97 Å². The van der Waals surface area contributed by atoms with Crippen LogP contribution in [0.5, 0.6) is 0 Å². The van der Waals surface area contributed by atoms with E-state index in [-0.39, 0.29) is 5.56 Å². The number of aromatic nitrogens is 2. The second-order valence-corrected chi connectivity index (χ2v) is 4.57. The first kappa shape index (κ1) is 13.3. The first-order chi connectivity index (χ1) is 9.20. The van der Waals surface area contributed by atoms with Gasteiger partial charge in [0.1, 0.15) is 0 Å². The molecule has 1 heterocycles. The van der Waals surface area contributed by atoms with E-state index < -0.39 is 0 Å². The number of benzene rings is 1. The predicted octanol–water partition coefficient (Wildman–Crippen LogP) is 2.49. The normalized spacial score (nSPS) is 10.4. The molecule has 2 N–H and O–H groups in total. The number of nitrogens with one attached hydrogen (secondary N) is 2. The molecule has 0 aliphatic heterocycles. The van der Waals surface area contributed by atoms with Crippen LogP contribution < -0.4 is 10.9 Å². The molecule has 0 spiro atoms. The topological polar surface area (TPSA) is 57.8 Å². The van der Waals surface area contributed by atoms with Gasteiger partial charge in [0.15, 0.2) is 0 Å². The fourth-order valence-corrected chi connectivity index (χ4v) is 1.95. The summed E-state index contributed by atoms with van der Waals surface area (Å²) in [6.07, 6.45) is 1.61. The maximum atomic E-state index is 12.1. The zero-order valence-electron chi connectivity index (χ0n) is 11.4. The van der Waals surface area contributed by atoms with E-state index in [1.807, 2.05) is 37.3 Å². The van der Waals surface area contributed by atoms with Crippen LogP contribution in [0.25, 0.3) is 0 Å². The number of hydrogen-bond acceptors (Lipinski definition) is 3. The molecule has 2 aromatic rings. The summed E-state index contributed by atoms with van der Waals surface area (Å²) in [5.74, 6) is 0.557. The highest BCUT2D eigenvalue weighted by atomic mass is 16.1. The molecule has 0 bridgehead atoms. The van der Waals surface area contributed by atoms with Gasteiger partial charge in [-0.3, -0.25) is 9.78 Å². The maximum Gasteiger partial charge on any atom is 0.256 e. The van der Waals surface area contributed by atoms with Crippen LogP contribution in [0.2, 0.25) is 0 Å². The predicted molar refractivity (Wildman–Crippen MR) is 77.6 cm³/mol. The lowest BCUT2D eigenvalue weighted by molar-refractivity contribution is 0.921. The van der Waals surface area contributed by atoms with Gasteiger partial charge in [0, 0.05) is 18.5 Å². The van der Waals surface area contributed by atoms with Gasteiger partial charge in [0.25, 0.3) is 5.56 Å². The monoisotopic (exact) mass is 257 g/mol. The Bertz CT molecular complexity index is 590. The van der Waals surface area contributed by atoms with Crippen LogP contribution in [-0.2, 0) is 6.42 Å². The molecule has 1 aromatic carbocycles. The zero-order chi connectivity index (χ0) is 13.7. The van der Waals surface area contributed by atoms with Gasteiger partial charge in [0.2, 0.25) is 5.95 Å². The third-order valence-electron chi connectivity index (χ3n) is 2.99. The van der Waals surface area contributed by atoms with Crippen LogP contribution in [0.4, 0.5) is 5.95 Å². The first-order valence-electron chi connectivity index (χ1n) is 6.58. The standard InChI is InChI=1S/C15H19N3O/c1-3-9-16-15-17-11(2)13(14(19)18-15)10-12-7-5-4-6-8-12/h4-8H,3,9-10H2,1-2H3,(H2,16,17,18,19). The zero-order valence-corrected chi connectivity index (χ0v) is 11.4. The van der Waals surface area contributed by atoms with Crippen molar-refractivity contribution in [3.05, 3.63) is 57.5 Å². The van der Waals surface area contributed by atoms with Crippen molar-refractivity contribution in [2.75, 3.05) is 11.9 Å². The molecule has 4 nitrogen and oxygen atoms in total. The molecule has 0 aliphatic rings. The summed E-state index contributed by atoms with van der Waals surface area (Å²) in [6.45, 7) is 4.76. The van der Waals surface area contributed by atoms with Crippen LogP contribution in [0.15, 0.2) is 35.1 Å². The average Bonchev–Trinajstić information content (AvgIpc) is 2.42. The largest absolute Gasteiger partial charge is 0.356 e. The molecular weight excluding hydrogens is 238 g/mol. The Morgan fingerprint density at radius 2 is 2.00 bits per heavy atom. The summed E-state index contributed by atoms with van der Waals surface area (Å²) in [5.41, 5.74) is 2.57. The van der Waals surface area contributed by atoms with Gasteiger partial charge in [-0.15, -0.1) is 0 Å². The van der Waals surface area contributed by atoms with Crippen molar-refractivity contribution in [3.8, 4) is 0 Å². The molecule has 4 heteroatoms. The minimum Gasteiger partial charge on any atom is -0.356 e. The van der Waals surface area contributed by atoms with E-state index in [0.717, 1.165) is 29.8 Å².